The number of H-pyrrole nitrogens is 1. The summed E-state index contributed by atoms with van der Waals surface area (Å²) in [6.07, 6.45) is -0.248. The molecule has 0 aliphatic rings. The summed E-state index contributed by atoms with van der Waals surface area (Å²) in [7, 11) is -3.68. The number of aromatic nitrogens is 2. The third kappa shape index (κ3) is 4.71. The highest BCUT2D eigenvalue weighted by atomic mass is 31.2. The van der Waals surface area contributed by atoms with Crippen molar-refractivity contribution in [1.82, 2.24) is 9.55 Å². The molecule has 0 atom stereocenters. The number of carbonyl (C=O) groups is 1. The normalized spacial score (nSPS) is 11.5. The number of aromatic amines is 1. The maximum atomic E-state index is 13.1. The summed E-state index contributed by atoms with van der Waals surface area (Å²) in [6.45, 7) is 5.21. The van der Waals surface area contributed by atoms with Crippen LogP contribution in [0.3, 0.4) is 0 Å². The third-order valence-electron chi connectivity index (χ3n) is 3.87. The molecule has 8 nitrogen and oxygen atoms in total. The van der Waals surface area contributed by atoms with Gasteiger partial charge in [0.1, 0.15) is 12.0 Å². The lowest BCUT2D eigenvalue weighted by atomic mass is 10.0. The van der Waals surface area contributed by atoms with E-state index < -0.39 is 30.9 Å². The standard InChI is InChI=1S/C18H23N2O6P/c1-4-14-15(16(21)13-10-8-7-9-11-13)20(18(23)19-17(14)22)12-27(24,25-5-2)26-6-3/h7-11H,4-6,12H2,1-3H3,(H,19,22,23). The van der Waals surface area contributed by atoms with Crippen molar-refractivity contribution in [2.24, 2.45) is 0 Å². The zero-order valence-corrected chi connectivity index (χ0v) is 16.5. The first-order chi connectivity index (χ1) is 12.9. The molecule has 27 heavy (non-hydrogen) atoms. The first kappa shape index (κ1) is 21.0. The van der Waals surface area contributed by atoms with Gasteiger partial charge in [0.15, 0.2) is 0 Å². The van der Waals surface area contributed by atoms with E-state index in [0.29, 0.717) is 5.56 Å². The van der Waals surface area contributed by atoms with Gasteiger partial charge in [-0.15, -0.1) is 0 Å². The number of ketones is 1. The van der Waals surface area contributed by atoms with Gasteiger partial charge in [-0.25, -0.2) is 4.79 Å². The van der Waals surface area contributed by atoms with E-state index in [1.807, 2.05) is 0 Å². The van der Waals surface area contributed by atoms with Crippen LogP contribution in [0.1, 0.15) is 42.4 Å². The number of rotatable bonds is 9. The maximum absolute atomic E-state index is 13.1. The van der Waals surface area contributed by atoms with Crippen LogP contribution in [-0.4, -0.2) is 28.5 Å². The minimum absolute atomic E-state index is 0.0999. The largest absolute Gasteiger partial charge is 0.350 e. The second-order valence-corrected chi connectivity index (χ2v) is 7.67. The van der Waals surface area contributed by atoms with Crippen molar-refractivity contribution in [1.29, 1.82) is 0 Å². The van der Waals surface area contributed by atoms with E-state index in [-0.39, 0.29) is 30.9 Å². The quantitative estimate of drug-likeness (QED) is 0.517. The fourth-order valence-electron chi connectivity index (χ4n) is 2.75. The average molecular weight is 394 g/mol. The van der Waals surface area contributed by atoms with Crippen LogP contribution in [-0.2, 0) is 26.3 Å². The molecule has 0 radical (unpaired) electrons. The van der Waals surface area contributed by atoms with Gasteiger partial charge < -0.3 is 9.05 Å². The van der Waals surface area contributed by atoms with Gasteiger partial charge in [-0.3, -0.25) is 23.7 Å². The van der Waals surface area contributed by atoms with E-state index in [1.54, 1.807) is 51.1 Å². The average Bonchev–Trinajstić information content (AvgIpc) is 2.64. The molecule has 2 aromatic rings. The van der Waals surface area contributed by atoms with Crippen molar-refractivity contribution < 1.29 is 18.4 Å². The fourth-order valence-corrected chi connectivity index (χ4v) is 4.39. The Kier molecular flexibility index (Phi) is 7.07. The van der Waals surface area contributed by atoms with Crippen molar-refractivity contribution >= 4 is 13.4 Å². The summed E-state index contributed by atoms with van der Waals surface area (Å²) >= 11 is 0. The molecule has 0 saturated carbocycles. The second-order valence-electron chi connectivity index (χ2n) is 5.65. The van der Waals surface area contributed by atoms with Crippen LogP contribution in [0, 0.1) is 0 Å². The number of hydrogen-bond donors (Lipinski definition) is 1. The summed E-state index contributed by atoms with van der Waals surface area (Å²) in [6, 6.07) is 8.28. The Hall–Kier alpha value is -2.28. The van der Waals surface area contributed by atoms with Crippen molar-refractivity contribution in [3.05, 3.63) is 68.0 Å². The van der Waals surface area contributed by atoms with E-state index in [9.17, 15) is 18.9 Å². The lowest BCUT2D eigenvalue weighted by molar-refractivity contribution is 0.102. The number of nitrogens with zero attached hydrogens (tertiary/aromatic N) is 1. The number of hydrogen-bond acceptors (Lipinski definition) is 6. The molecule has 0 aliphatic heterocycles. The molecule has 0 aliphatic carbocycles. The van der Waals surface area contributed by atoms with Crippen LogP contribution in [0.4, 0.5) is 0 Å². The molecular weight excluding hydrogens is 371 g/mol. The van der Waals surface area contributed by atoms with Gasteiger partial charge in [-0.05, 0) is 20.3 Å². The van der Waals surface area contributed by atoms with Crippen molar-refractivity contribution in [3.8, 4) is 0 Å². The van der Waals surface area contributed by atoms with Crippen LogP contribution in [0.15, 0.2) is 39.9 Å². The van der Waals surface area contributed by atoms with E-state index in [2.05, 4.69) is 4.98 Å². The minimum atomic E-state index is -3.68. The second kappa shape index (κ2) is 9.08. The van der Waals surface area contributed by atoms with Gasteiger partial charge in [0.05, 0.1) is 13.2 Å². The number of nitrogens with one attached hydrogen (secondary N) is 1. The molecule has 1 aromatic heterocycles. The van der Waals surface area contributed by atoms with Crippen molar-refractivity contribution in [2.45, 2.75) is 33.5 Å². The zero-order chi connectivity index (χ0) is 20.0. The molecule has 0 bridgehead atoms. The molecule has 1 aromatic carbocycles. The number of benzene rings is 1. The van der Waals surface area contributed by atoms with Crippen LogP contribution in [0.2, 0.25) is 0 Å². The van der Waals surface area contributed by atoms with Gasteiger partial charge in [0, 0.05) is 11.1 Å². The van der Waals surface area contributed by atoms with Crippen LogP contribution < -0.4 is 11.2 Å². The van der Waals surface area contributed by atoms with E-state index in [4.69, 9.17) is 9.05 Å². The summed E-state index contributed by atoms with van der Waals surface area (Å²) in [5.74, 6) is -0.504. The Morgan fingerprint density at radius 3 is 2.19 bits per heavy atom. The lowest BCUT2D eigenvalue weighted by Crippen LogP contribution is -2.37. The molecule has 0 spiro atoms. The molecule has 1 heterocycles. The van der Waals surface area contributed by atoms with E-state index >= 15 is 0 Å². The summed E-state index contributed by atoms with van der Waals surface area (Å²) in [5.41, 5.74) is -1.12. The number of carbonyl (C=O) groups excluding carboxylic acids is 1. The molecule has 0 unspecified atom stereocenters. The molecule has 9 heteroatoms. The van der Waals surface area contributed by atoms with E-state index in [1.165, 1.54) is 0 Å². The Balaban J connectivity index is 2.70. The predicted octanol–water partition coefficient (Wildman–Crippen LogP) is 2.55. The first-order valence-electron chi connectivity index (χ1n) is 8.70. The molecule has 1 N–H and O–H groups in total. The lowest BCUT2D eigenvalue weighted by Gasteiger charge is -2.20. The molecule has 0 fully saturated rings. The smallest absolute Gasteiger partial charge is 0.308 e. The van der Waals surface area contributed by atoms with Gasteiger partial charge in [-0.1, -0.05) is 37.3 Å². The van der Waals surface area contributed by atoms with Crippen molar-refractivity contribution in [3.63, 3.8) is 0 Å². The topological polar surface area (TPSA) is 107 Å². The summed E-state index contributed by atoms with van der Waals surface area (Å²) in [4.78, 5) is 40.0. The SMILES string of the molecule is CCOP(=O)(Cn1c(C(=O)c2ccccc2)c(CC)c(=O)[nH]c1=O)OCC. The third-order valence-corrected chi connectivity index (χ3v) is 5.80. The van der Waals surface area contributed by atoms with Crippen molar-refractivity contribution in [2.75, 3.05) is 13.2 Å². The van der Waals surface area contributed by atoms with Gasteiger partial charge >= 0.3 is 13.3 Å². The van der Waals surface area contributed by atoms with Crippen LogP contribution >= 0.6 is 7.60 Å². The highest BCUT2D eigenvalue weighted by Gasteiger charge is 2.30. The van der Waals surface area contributed by atoms with Gasteiger partial charge in [-0.2, -0.15) is 0 Å². The Labute approximate surface area is 156 Å². The highest BCUT2D eigenvalue weighted by Crippen LogP contribution is 2.49. The summed E-state index contributed by atoms with van der Waals surface area (Å²) in [5, 5.41) is 0. The first-order valence-corrected chi connectivity index (χ1v) is 10.4. The Bertz CT molecular complexity index is 954. The predicted molar refractivity (Wildman–Crippen MR) is 101 cm³/mol. The van der Waals surface area contributed by atoms with E-state index in [0.717, 1.165) is 4.57 Å². The van der Waals surface area contributed by atoms with Crippen LogP contribution in [0.25, 0.3) is 0 Å². The van der Waals surface area contributed by atoms with Gasteiger partial charge in [0.25, 0.3) is 5.56 Å². The Morgan fingerprint density at radius 2 is 1.67 bits per heavy atom. The molecule has 0 amide bonds. The highest BCUT2D eigenvalue weighted by molar-refractivity contribution is 7.52. The molecule has 146 valence electrons. The zero-order valence-electron chi connectivity index (χ0n) is 15.6. The minimum Gasteiger partial charge on any atom is -0.308 e. The maximum Gasteiger partial charge on any atom is 0.350 e. The molecular formula is C18H23N2O6P. The van der Waals surface area contributed by atoms with Gasteiger partial charge in [0.2, 0.25) is 5.78 Å². The summed E-state index contributed by atoms with van der Waals surface area (Å²) < 4.78 is 24.4. The monoisotopic (exact) mass is 394 g/mol. The molecule has 2 rings (SSSR count). The fraction of sp³-hybridized carbons (Fsp3) is 0.389. The van der Waals surface area contributed by atoms with Crippen LogP contribution in [0.5, 0.6) is 0 Å². The Morgan fingerprint density at radius 1 is 1.07 bits per heavy atom. The molecule has 0 saturated heterocycles.